The molecule has 0 fully saturated rings. The van der Waals surface area contributed by atoms with Crippen molar-refractivity contribution in [2.45, 2.75) is 6.92 Å². The predicted octanol–water partition coefficient (Wildman–Crippen LogP) is 4.17. The van der Waals surface area contributed by atoms with Crippen LogP contribution in [0.1, 0.15) is 5.56 Å². The number of hydrogen-bond donors (Lipinski definition) is 2. The Labute approximate surface area is 179 Å². The van der Waals surface area contributed by atoms with Gasteiger partial charge in [-0.15, -0.1) is 0 Å². The molecular weight excluding hydrogens is 390 g/mol. The van der Waals surface area contributed by atoms with Crippen molar-refractivity contribution in [3.63, 3.8) is 0 Å². The standard InChI is InChI=1S/C24H21N5O2/c1-4-21(30)26-18-6-5-7-19(13-18)27-24-25-14-17-12-16(8-9-20(17)28-24)22-15(2)10-11-29(3)23(22)31/h4-14H,1H2,2-3H3,(H,26,30)(H,25,27,28). The molecule has 0 aliphatic heterocycles. The quantitative estimate of drug-likeness (QED) is 0.481. The van der Waals surface area contributed by atoms with Crippen molar-refractivity contribution < 1.29 is 4.79 Å². The Hall–Kier alpha value is -4.26. The summed E-state index contributed by atoms with van der Waals surface area (Å²) in [5, 5.41) is 6.70. The van der Waals surface area contributed by atoms with E-state index in [1.807, 2.05) is 43.3 Å². The van der Waals surface area contributed by atoms with Crippen molar-refractivity contribution in [1.29, 1.82) is 0 Å². The van der Waals surface area contributed by atoms with Gasteiger partial charge in [0.15, 0.2) is 0 Å². The van der Waals surface area contributed by atoms with Crippen molar-refractivity contribution in [2.24, 2.45) is 7.05 Å². The van der Waals surface area contributed by atoms with Gasteiger partial charge in [-0.05, 0) is 60.5 Å². The Kier molecular flexibility index (Phi) is 5.32. The van der Waals surface area contributed by atoms with Crippen LogP contribution < -0.4 is 16.2 Å². The van der Waals surface area contributed by atoms with E-state index in [-0.39, 0.29) is 11.5 Å². The summed E-state index contributed by atoms with van der Waals surface area (Å²) in [5.41, 5.74) is 4.52. The average Bonchev–Trinajstić information content (AvgIpc) is 2.77. The molecule has 7 nitrogen and oxygen atoms in total. The van der Waals surface area contributed by atoms with Gasteiger partial charge in [0.1, 0.15) is 0 Å². The minimum atomic E-state index is -0.279. The lowest BCUT2D eigenvalue weighted by atomic mass is 10.0. The SMILES string of the molecule is C=CC(=O)Nc1cccc(Nc2ncc3cc(-c4c(C)ccn(C)c4=O)ccc3n2)c1. The summed E-state index contributed by atoms with van der Waals surface area (Å²) >= 11 is 0. The fourth-order valence-corrected chi connectivity index (χ4v) is 3.32. The van der Waals surface area contributed by atoms with Crippen LogP contribution in [0.2, 0.25) is 0 Å². The zero-order valence-electron chi connectivity index (χ0n) is 17.2. The van der Waals surface area contributed by atoms with Gasteiger partial charge in [0.2, 0.25) is 11.9 Å². The first-order valence-electron chi connectivity index (χ1n) is 9.68. The number of pyridine rings is 1. The lowest BCUT2D eigenvalue weighted by Crippen LogP contribution is -2.18. The van der Waals surface area contributed by atoms with Crippen LogP contribution in [0.5, 0.6) is 0 Å². The minimum Gasteiger partial charge on any atom is -0.324 e. The molecule has 0 radical (unpaired) electrons. The maximum absolute atomic E-state index is 12.6. The first kappa shape index (κ1) is 20.0. The molecular formula is C24H21N5O2. The molecule has 2 heterocycles. The number of aromatic nitrogens is 3. The fourth-order valence-electron chi connectivity index (χ4n) is 3.32. The van der Waals surface area contributed by atoms with Crippen molar-refractivity contribution >= 4 is 34.1 Å². The van der Waals surface area contributed by atoms with E-state index < -0.39 is 0 Å². The number of nitrogens with one attached hydrogen (secondary N) is 2. The largest absolute Gasteiger partial charge is 0.324 e. The molecule has 0 aliphatic rings. The van der Waals surface area contributed by atoms with Gasteiger partial charge in [-0.3, -0.25) is 9.59 Å². The Morgan fingerprint density at radius 3 is 2.74 bits per heavy atom. The van der Waals surface area contributed by atoms with Gasteiger partial charge in [0.05, 0.1) is 11.1 Å². The molecule has 2 aromatic heterocycles. The molecule has 0 saturated carbocycles. The first-order chi connectivity index (χ1) is 14.9. The normalized spacial score (nSPS) is 10.6. The molecule has 4 rings (SSSR count). The smallest absolute Gasteiger partial charge is 0.258 e. The molecule has 4 aromatic rings. The van der Waals surface area contributed by atoms with E-state index >= 15 is 0 Å². The Bertz CT molecular complexity index is 1370. The minimum absolute atomic E-state index is 0.0398. The van der Waals surface area contributed by atoms with Gasteiger partial charge in [-0.1, -0.05) is 18.7 Å². The summed E-state index contributed by atoms with van der Waals surface area (Å²) in [7, 11) is 1.74. The van der Waals surface area contributed by atoms with Gasteiger partial charge < -0.3 is 15.2 Å². The summed E-state index contributed by atoms with van der Waals surface area (Å²) in [4.78, 5) is 33.0. The molecule has 2 aromatic carbocycles. The van der Waals surface area contributed by atoms with E-state index in [0.717, 1.165) is 27.7 Å². The van der Waals surface area contributed by atoms with Crippen molar-refractivity contribution in [3.05, 3.63) is 89.5 Å². The molecule has 0 saturated heterocycles. The average molecular weight is 411 g/mol. The third kappa shape index (κ3) is 4.20. The van der Waals surface area contributed by atoms with Crippen LogP contribution in [0.3, 0.4) is 0 Å². The predicted molar refractivity (Wildman–Crippen MR) is 124 cm³/mol. The van der Waals surface area contributed by atoms with Crippen LogP contribution in [0.25, 0.3) is 22.0 Å². The van der Waals surface area contributed by atoms with Crippen LogP contribution >= 0.6 is 0 Å². The number of carbonyl (C=O) groups excluding carboxylic acids is 1. The van der Waals surface area contributed by atoms with Gasteiger partial charge >= 0.3 is 0 Å². The molecule has 0 bridgehead atoms. The van der Waals surface area contributed by atoms with Crippen LogP contribution in [0.15, 0.2) is 78.4 Å². The topological polar surface area (TPSA) is 88.9 Å². The molecule has 154 valence electrons. The van der Waals surface area contributed by atoms with Crippen molar-refractivity contribution in [3.8, 4) is 11.1 Å². The Morgan fingerprint density at radius 1 is 1.13 bits per heavy atom. The zero-order valence-corrected chi connectivity index (χ0v) is 17.2. The van der Waals surface area contributed by atoms with E-state index in [9.17, 15) is 9.59 Å². The molecule has 0 unspecified atom stereocenters. The van der Waals surface area contributed by atoms with Gasteiger partial charge in [0, 0.05) is 36.2 Å². The summed E-state index contributed by atoms with van der Waals surface area (Å²) < 4.78 is 1.57. The molecule has 0 aliphatic carbocycles. The highest BCUT2D eigenvalue weighted by molar-refractivity contribution is 5.99. The Balaban J connectivity index is 1.63. The summed E-state index contributed by atoms with van der Waals surface area (Å²) in [6, 6.07) is 14.9. The van der Waals surface area contributed by atoms with E-state index in [4.69, 9.17) is 0 Å². The third-order valence-electron chi connectivity index (χ3n) is 4.92. The summed E-state index contributed by atoms with van der Waals surface area (Å²) in [5.74, 6) is 0.151. The summed E-state index contributed by atoms with van der Waals surface area (Å²) in [6.45, 7) is 5.38. The van der Waals surface area contributed by atoms with Crippen molar-refractivity contribution in [2.75, 3.05) is 10.6 Å². The molecule has 7 heteroatoms. The second-order valence-electron chi connectivity index (χ2n) is 7.16. The zero-order chi connectivity index (χ0) is 22.0. The van der Waals surface area contributed by atoms with Crippen LogP contribution in [-0.4, -0.2) is 20.4 Å². The second kappa shape index (κ2) is 8.23. The van der Waals surface area contributed by atoms with E-state index in [1.165, 1.54) is 6.08 Å². The van der Waals surface area contributed by atoms with E-state index in [0.29, 0.717) is 17.2 Å². The van der Waals surface area contributed by atoms with Crippen LogP contribution in [0.4, 0.5) is 17.3 Å². The number of fused-ring (bicyclic) bond motifs is 1. The summed E-state index contributed by atoms with van der Waals surface area (Å²) in [6.07, 6.45) is 4.70. The van der Waals surface area contributed by atoms with Crippen LogP contribution in [-0.2, 0) is 11.8 Å². The molecule has 31 heavy (non-hydrogen) atoms. The number of aryl methyl sites for hydroxylation is 2. The van der Waals surface area contributed by atoms with Gasteiger partial charge in [-0.2, -0.15) is 0 Å². The maximum atomic E-state index is 12.6. The van der Waals surface area contributed by atoms with E-state index in [2.05, 4.69) is 27.2 Å². The molecule has 0 spiro atoms. The third-order valence-corrected chi connectivity index (χ3v) is 4.92. The van der Waals surface area contributed by atoms with Crippen LogP contribution in [0, 0.1) is 6.92 Å². The van der Waals surface area contributed by atoms with Gasteiger partial charge in [-0.25, -0.2) is 9.97 Å². The lowest BCUT2D eigenvalue weighted by molar-refractivity contribution is -0.111. The number of anilines is 3. The number of carbonyl (C=O) groups is 1. The molecule has 1 amide bonds. The Morgan fingerprint density at radius 2 is 1.94 bits per heavy atom. The monoisotopic (exact) mass is 411 g/mol. The number of nitrogens with zero attached hydrogens (tertiary/aromatic N) is 3. The molecule has 0 atom stereocenters. The molecule has 2 N–H and O–H groups in total. The highest BCUT2D eigenvalue weighted by atomic mass is 16.1. The fraction of sp³-hybridized carbons (Fsp3) is 0.0833. The second-order valence-corrected chi connectivity index (χ2v) is 7.16. The highest BCUT2D eigenvalue weighted by Gasteiger charge is 2.10. The first-order valence-corrected chi connectivity index (χ1v) is 9.68. The maximum Gasteiger partial charge on any atom is 0.258 e. The number of benzene rings is 2. The lowest BCUT2D eigenvalue weighted by Gasteiger charge is -2.10. The number of amides is 1. The number of hydrogen-bond acceptors (Lipinski definition) is 5. The van der Waals surface area contributed by atoms with Crippen molar-refractivity contribution in [1.82, 2.24) is 14.5 Å². The van der Waals surface area contributed by atoms with Gasteiger partial charge in [0.25, 0.3) is 5.56 Å². The van der Waals surface area contributed by atoms with E-state index in [1.54, 1.807) is 36.1 Å². The highest BCUT2D eigenvalue weighted by Crippen LogP contribution is 2.25. The number of rotatable bonds is 5.